The van der Waals surface area contributed by atoms with Crippen LogP contribution >= 0.6 is 23.4 Å². The first-order valence-electron chi connectivity index (χ1n) is 7.26. The van der Waals surface area contributed by atoms with E-state index in [9.17, 15) is 0 Å². The van der Waals surface area contributed by atoms with Gasteiger partial charge in [0.05, 0.1) is 6.20 Å². The van der Waals surface area contributed by atoms with Gasteiger partial charge in [-0.05, 0) is 24.1 Å². The van der Waals surface area contributed by atoms with Crippen LogP contribution in [0, 0.1) is 0 Å². The lowest BCUT2D eigenvalue weighted by Gasteiger charge is -2.23. The van der Waals surface area contributed by atoms with Gasteiger partial charge in [0.25, 0.3) is 0 Å². The maximum absolute atomic E-state index is 5.73. The summed E-state index contributed by atoms with van der Waals surface area (Å²) >= 11 is 7.41. The molecule has 1 aromatic carbocycles. The molecule has 6 heteroatoms. The van der Waals surface area contributed by atoms with Gasteiger partial charge in [0.1, 0.15) is 6.26 Å². The van der Waals surface area contributed by atoms with Crippen molar-refractivity contribution in [2.75, 3.05) is 25.7 Å². The molecule has 0 N–H and O–H groups in total. The number of thioether (sulfide) groups is 1. The Bertz CT molecular complexity index is 653. The van der Waals surface area contributed by atoms with Crippen molar-refractivity contribution in [1.29, 1.82) is 0 Å². The molecule has 0 atom stereocenters. The molecular weight excluding hydrogens is 330 g/mol. The molecule has 0 radical (unpaired) electrons. The van der Waals surface area contributed by atoms with Crippen LogP contribution < -0.4 is 0 Å². The molecule has 1 aromatic heterocycles. The van der Waals surface area contributed by atoms with Crippen molar-refractivity contribution in [3.8, 4) is 11.5 Å². The van der Waals surface area contributed by atoms with Crippen LogP contribution in [0.1, 0.15) is 12.0 Å². The first-order chi connectivity index (χ1) is 11.2. The molecular formula is C17H20ClN3OS. The summed E-state index contributed by atoms with van der Waals surface area (Å²) in [5, 5.41) is 0.928. The molecule has 2 rings (SSSR count). The molecule has 0 bridgehead atoms. The van der Waals surface area contributed by atoms with E-state index >= 15 is 0 Å². The number of rotatable bonds is 6. The molecule has 4 nitrogen and oxygen atoms in total. The molecule has 0 aliphatic carbocycles. The van der Waals surface area contributed by atoms with Crippen LogP contribution in [0.3, 0.4) is 0 Å². The SMILES string of the molecule is C=C(c1ccc(-c2ncco2)cc1)N(C)/C(=N\C)SCCCCl. The van der Waals surface area contributed by atoms with E-state index in [-0.39, 0.29) is 0 Å². The average Bonchev–Trinajstić information content (AvgIpc) is 3.12. The Morgan fingerprint density at radius 1 is 1.39 bits per heavy atom. The van der Waals surface area contributed by atoms with Crippen LogP contribution in [-0.2, 0) is 0 Å². The topological polar surface area (TPSA) is 41.6 Å². The van der Waals surface area contributed by atoms with E-state index in [1.54, 1.807) is 31.3 Å². The van der Waals surface area contributed by atoms with E-state index in [1.807, 2.05) is 36.2 Å². The summed E-state index contributed by atoms with van der Waals surface area (Å²) in [4.78, 5) is 10.5. The van der Waals surface area contributed by atoms with Gasteiger partial charge in [0.15, 0.2) is 5.17 Å². The number of benzene rings is 1. The van der Waals surface area contributed by atoms with Crippen molar-refractivity contribution in [2.45, 2.75) is 6.42 Å². The average molecular weight is 350 g/mol. The molecule has 1 heterocycles. The normalized spacial score (nSPS) is 11.5. The lowest BCUT2D eigenvalue weighted by atomic mass is 10.1. The van der Waals surface area contributed by atoms with Crippen molar-refractivity contribution >= 4 is 34.2 Å². The summed E-state index contributed by atoms with van der Waals surface area (Å²) in [5.41, 5.74) is 2.86. The van der Waals surface area contributed by atoms with Crippen molar-refractivity contribution in [2.24, 2.45) is 4.99 Å². The van der Waals surface area contributed by atoms with Crippen molar-refractivity contribution < 1.29 is 4.42 Å². The number of amidine groups is 1. The Hall–Kier alpha value is -1.72. The summed E-state index contributed by atoms with van der Waals surface area (Å²) in [6, 6.07) is 7.97. The van der Waals surface area contributed by atoms with Gasteiger partial charge in [-0.25, -0.2) is 4.98 Å². The number of nitrogens with zero attached hydrogens (tertiary/aromatic N) is 3. The zero-order valence-corrected chi connectivity index (χ0v) is 14.9. The second-order valence-corrected chi connectivity index (χ2v) is 6.26. The molecule has 0 amide bonds. The highest BCUT2D eigenvalue weighted by Crippen LogP contribution is 2.24. The van der Waals surface area contributed by atoms with Gasteiger partial charge in [0.2, 0.25) is 5.89 Å². The van der Waals surface area contributed by atoms with Crippen molar-refractivity contribution in [3.05, 3.63) is 48.9 Å². The lowest BCUT2D eigenvalue weighted by Crippen LogP contribution is -2.22. The summed E-state index contributed by atoms with van der Waals surface area (Å²) in [6.45, 7) is 4.18. The third kappa shape index (κ3) is 4.62. The third-order valence-electron chi connectivity index (χ3n) is 3.29. The Kier molecular flexibility index (Phi) is 6.74. The summed E-state index contributed by atoms with van der Waals surface area (Å²) in [6.07, 6.45) is 4.16. The molecule has 0 aliphatic heterocycles. The van der Waals surface area contributed by atoms with E-state index in [1.165, 1.54) is 0 Å². The van der Waals surface area contributed by atoms with Gasteiger partial charge < -0.3 is 9.32 Å². The first kappa shape index (κ1) is 17.6. The standard InChI is InChI=1S/C17H20ClN3OS/c1-13(21(3)17(19-2)23-12-4-9-18)14-5-7-15(8-6-14)16-20-10-11-22-16/h5-8,10-11H,1,4,9,12H2,2-3H3/b19-17+. The first-order valence-corrected chi connectivity index (χ1v) is 8.78. The van der Waals surface area contributed by atoms with Gasteiger partial charge in [-0.1, -0.05) is 30.5 Å². The predicted octanol–water partition coefficient (Wildman–Crippen LogP) is 4.59. The molecule has 23 heavy (non-hydrogen) atoms. The number of aliphatic imine (C=N–C) groups is 1. The Morgan fingerprint density at radius 2 is 2.13 bits per heavy atom. The van der Waals surface area contributed by atoms with Crippen LogP contribution in [0.15, 0.2) is 52.7 Å². The van der Waals surface area contributed by atoms with Crippen LogP contribution in [0.2, 0.25) is 0 Å². The smallest absolute Gasteiger partial charge is 0.225 e. The molecule has 2 aromatic rings. The summed E-state index contributed by atoms with van der Waals surface area (Å²) < 4.78 is 5.30. The van der Waals surface area contributed by atoms with Crippen LogP contribution in [0.4, 0.5) is 0 Å². The van der Waals surface area contributed by atoms with E-state index in [4.69, 9.17) is 16.0 Å². The van der Waals surface area contributed by atoms with Gasteiger partial charge in [-0.2, -0.15) is 0 Å². The summed E-state index contributed by atoms with van der Waals surface area (Å²) in [7, 11) is 3.76. The number of hydrogen-bond acceptors (Lipinski definition) is 4. The predicted molar refractivity (Wildman–Crippen MR) is 99.9 cm³/mol. The summed E-state index contributed by atoms with van der Waals surface area (Å²) in [5.74, 6) is 2.22. The van der Waals surface area contributed by atoms with Crippen LogP contribution in [0.25, 0.3) is 17.2 Å². The zero-order valence-electron chi connectivity index (χ0n) is 13.3. The molecule has 0 aliphatic rings. The van der Waals surface area contributed by atoms with Gasteiger partial charge in [-0.15, -0.1) is 11.6 Å². The van der Waals surface area contributed by atoms with E-state index in [0.29, 0.717) is 11.8 Å². The van der Waals surface area contributed by atoms with Crippen LogP contribution in [0.5, 0.6) is 0 Å². The molecule has 0 unspecified atom stereocenters. The van der Waals surface area contributed by atoms with Gasteiger partial charge in [0, 0.05) is 37.0 Å². The molecule has 0 saturated heterocycles. The quantitative estimate of drug-likeness (QED) is 0.331. The molecule has 0 spiro atoms. The monoisotopic (exact) mass is 349 g/mol. The van der Waals surface area contributed by atoms with E-state index < -0.39 is 0 Å². The van der Waals surface area contributed by atoms with E-state index in [0.717, 1.165) is 34.2 Å². The Labute approximate surface area is 146 Å². The Balaban J connectivity index is 2.06. The highest BCUT2D eigenvalue weighted by Gasteiger charge is 2.12. The second-order valence-electron chi connectivity index (χ2n) is 4.82. The largest absolute Gasteiger partial charge is 0.445 e. The minimum Gasteiger partial charge on any atom is -0.445 e. The number of aromatic nitrogens is 1. The maximum Gasteiger partial charge on any atom is 0.225 e. The molecule has 122 valence electrons. The molecule has 0 fully saturated rings. The van der Waals surface area contributed by atoms with Crippen molar-refractivity contribution in [3.63, 3.8) is 0 Å². The van der Waals surface area contributed by atoms with Gasteiger partial charge >= 0.3 is 0 Å². The van der Waals surface area contributed by atoms with Gasteiger partial charge in [-0.3, -0.25) is 4.99 Å². The lowest BCUT2D eigenvalue weighted by molar-refractivity contribution is 0.574. The number of halogens is 1. The van der Waals surface area contributed by atoms with Crippen LogP contribution in [-0.4, -0.2) is 40.8 Å². The number of alkyl halides is 1. The minimum atomic E-state index is 0.614. The number of hydrogen-bond donors (Lipinski definition) is 0. The fourth-order valence-corrected chi connectivity index (χ4v) is 3.21. The maximum atomic E-state index is 5.73. The highest BCUT2D eigenvalue weighted by molar-refractivity contribution is 8.13. The van der Waals surface area contributed by atoms with Crippen molar-refractivity contribution in [1.82, 2.24) is 9.88 Å². The fourth-order valence-electron chi connectivity index (χ4n) is 2.01. The Morgan fingerprint density at radius 3 is 2.70 bits per heavy atom. The number of oxazole rings is 1. The third-order valence-corrected chi connectivity index (χ3v) is 4.76. The zero-order chi connectivity index (χ0) is 16.7. The highest BCUT2D eigenvalue weighted by atomic mass is 35.5. The second kappa shape index (κ2) is 8.79. The molecule has 0 saturated carbocycles. The van der Waals surface area contributed by atoms with E-state index in [2.05, 4.69) is 16.6 Å². The fraction of sp³-hybridized carbons (Fsp3) is 0.294. The minimum absolute atomic E-state index is 0.614.